The van der Waals surface area contributed by atoms with E-state index in [1.54, 1.807) is 10.9 Å². The van der Waals surface area contributed by atoms with Crippen molar-refractivity contribution in [3.8, 4) is 11.6 Å². The average Bonchev–Trinajstić information content (AvgIpc) is 3.48. The van der Waals surface area contributed by atoms with Crippen LogP contribution >= 0.6 is 0 Å². The van der Waals surface area contributed by atoms with E-state index in [1.807, 2.05) is 42.4 Å². The molecule has 8 nitrogen and oxygen atoms in total. The van der Waals surface area contributed by atoms with Crippen LogP contribution in [0.2, 0.25) is 0 Å². The van der Waals surface area contributed by atoms with Crippen molar-refractivity contribution in [3.63, 3.8) is 0 Å². The lowest BCUT2D eigenvalue weighted by atomic mass is 9.95. The lowest BCUT2D eigenvalue weighted by Gasteiger charge is -2.30. The number of amides is 1. The molecule has 0 bridgehead atoms. The number of nitrogens with one attached hydrogen (secondary N) is 1. The molecule has 1 saturated heterocycles. The van der Waals surface area contributed by atoms with Gasteiger partial charge in [-0.3, -0.25) is 9.48 Å². The van der Waals surface area contributed by atoms with Crippen LogP contribution in [0.3, 0.4) is 0 Å². The van der Waals surface area contributed by atoms with Crippen molar-refractivity contribution in [2.24, 2.45) is 7.05 Å². The van der Waals surface area contributed by atoms with Gasteiger partial charge >= 0.3 is 0 Å². The molecule has 1 aromatic carbocycles. The summed E-state index contributed by atoms with van der Waals surface area (Å²) in [6.07, 6.45) is 5.74. The lowest BCUT2D eigenvalue weighted by Crippen LogP contribution is -2.38. The lowest BCUT2D eigenvalue weighted by molar-refractivity contribution is -0.131. The first-order valence-electron chi connectivity index (χ1n) is 9.84. The van der Waals surface area contributed by atoms with Crippen molar-refractivity contribution in [3.05, 3.63) is 54.1 Å². The van der Waals surface area contributed by atoms with E-state index in [2.05, 4.69) is 26.3 Å². The van der Waals surface area contributed by atoms with Gasteiger partial charge < -0.3 is 14.4 Å². The summed E-state index contributed by atoms with van der Waals surface area (Å²) in [4.78, 5) is 22.5. The van der Waals surface area contributed by atoms with Gasteiger partial charge in [0.15, 0.2) is 5.82 Å². The number of aryl methyl sites for hydroxylation is 1. The molecule has 1 N–H and O–H groups in total. The van der Waals surface area contributed by atoms with Gasteiger partial charge in [0, 0.05) is 49.4 Å². The number of rotatable bonds is 4. The average molecular weight is 390 g/mol. The maximum atomic E-state index is 12.8. The molecule has 3 aromatic heterocycles. The van der Waals surface area contributed by atoms with Crippen LogP contribution in [0.5, 0.6) is 0 Å². The number of piperidine rings is 1. The molecule has 0 atom stereocenters. The van der Waals surface area contributed by atoms with Crippen LogP contribution in [-0.2, 0) is 18.3 Å². The number of carbonyl (C=O) groups is 1. The van der Waals surface area contributed by atoms with Crippen LogP contribution in [0.25, 0.3) is 22.5 Å². The highest BCUT2D eigenvalue weighted by molar-refractivity contribution is 5.88. The number of hydrogen-bond acceptors (Lipinski definition) is 5. The smallest absolute Gasteiger partial charge is 0.276 e. The van der Waals surface area contributed by atoms with Crippen molar-refractivity contribution in [1.29, 1.82) is 0 Å². The summed E-state index contributed by atoms with van der Waals surface area (Å²) >= 11 is 0. The molecule has 1 fully saturated rings. The fraction of sp³-hybridized carbons (Fsp3) is 0.333. The minimum Gasteiger partial charge on any atom is -0.361 e. The van der Waals surface area contributed by atoms with Gasteiger partial charge in [-0.2, -0.15) is 10.1 Å². The molecule has 1 amide bonds. The number of benzene rings is 1. The van der Waals surface area contributed by atoms with E-state index in [1.165, 1.54) is 0 Å². The quantitative estimate of drug-likeness (QED) is 0.578. The summed E-state index contributed by atoms with van der Waals surface area (Å²) in [5.74, 6) is 1.57. The summed E-state index contributed by atoms with van der Waals surface area (Å²) in [5.41, 5.74) is 2.91. The van der Waals surface area contributed by atoms with E-state index in [0.717, 1.165) is 35.0 Å². The Hall–Kier alpha value is -3.42. The fourth-order valence-electron chi connectivity index (χ4n) is 4.03. The summed E-state index contributed by atoms with van der Waals surface area (Å²) in [6, 6.07) is 9.92. The number of carbonyl (C=O) groups excluding carboxylic acids is 1. The molecule has 1 aliphatic rings. The number of H-pyrrole nitrogens is 1. The third kappa shape index (κ3) is 3.30. The van der Waals surface area contributed by atoms with Crippen LogP contribution < -0.4 is 0 Å². The Morgan fingerprint density at radius 2 is 2.07 bits per heavy atom. The maximum absolute atomic E-state index is 12.8. The van der Waals surface area contributed by atoms with Gasteiger partial charge in [0.25, 0.3) is 5.89 Å². The third-order valence-electron chi connectivity index (χ3n) is 5.71. The Kier molecular flexibility index (Phi) is 4.38. The van der Waals surface area contributed by atoms with Crippen molar-refractivity contribution in [2.75, 3.05) is 13.1 Å². The van der Waals surface area contributed by atoms with Gasteiger partial charge in [-0.1, -0.05) is 23.4 Å². The zero-order valence-corrected chi connectivity index (χ0v) is 16.2. The van der Waals surface area contributed by atoms with Crippen molar-refractivity contribution in [1.82, 2.24) is 29.8 Å². The molecule has 0 radical (unpaired) electrons. The monoisotopic (exact) mass is 390 g/mol. The molecule has 0 unspecified atom stereocenters. The molecular formula is C21H22N6O2. The largest absolute Gasteiger partial charge is 0.361 e. The van der Waals surface area contributed by atoms with Gasteiger partial charge in [0.1, 0.15) is 5.69 Å². The van der Waals surface area contributed by atoms with Crippen LogP contribution in [0.15, 0.2) is 47.2 Å². The fourth-order valence-corrected chi connectivity index (χ4v) is 4.03. The Morgan fingerprint density at radius 1 is 1.24 bits per heavy atom. The zero-order chi connectivity index (χ0) is 19.8. The molecule has 0 saturated carbocycles. The molecule has 148 valence electrons. The Balaban J connectivity index is 1.22. The number of hydrogen-bond donors (Lipinski definition) is 1. The van der Waals surface area contributed by atoms with E-state index >= 15 is 0 Å². The highest BCUT2D eigenvalue weighted by Gasteiger charge is 2.27. The van der Waals surface area contributed by atoms with Crippen molar-refractivity contribution in [2.45, 2.75) is 25.2 Å². The third-order valence-corrected chi connectivity index (χ3v) is 5.71. The minimum atomic E-state index is 0.164. The van der Waals surface area contributed by atoms with Crippen molar-refractivity contribution >= 4 is 16.8 Å². The molecule has 1 aliphatic heterocycles. The molecule has 0 spiro atoms. The first-order valence-corrected chi connectivity index (χ1v) is 9.84. The van der Waals surface area contributed by atoms with Gasteiger partial charge in [-0.05, 0) is 30.5 Å². The summed E-state index contributed by atoms with van der Waals surface area (Å²) in [5, 5.41) is 9.42. The van der Waals surface area contributed by atoms with Gasteiger partial charge in [-0.25, -0.2) is 0 Å². The SMILES string of the molecule is Cn1nccc1-c1nc(C2CCN(C(=O)Cc3c[nH]c4ccccc34)CC2)no1. The number of nitrogens with zero attached hydrogens (tertiary/aromatic N) is 5. The topological polar surface area (TPSA) is 92.8 Å². The molecule has 29 heavy (non-hydrogen) atoms. The first-order chi connectivity index (χ1) is 14.2. The number of para-hydroxylation sites is 1. The molecule has 5 rings (SSSR count). The molecule has 4 heterocycles. The number of fused-ring (bicyclic) bond motifs is 1. The van der Waals surface area contributed by atoms with Crippen LogP contribution in [0.4, 0.5) is 0 Å². The van der Waals surface area contributed by atoms with Crippen molar-refractivity contribution < 1.29 is 9.32 Å². The van der Waals surface area contributed by atoms with E-state index in [9.17, 15) is 4.79 Å². The van der Waals surface area contributed by atoms with E-state index in [4.69, 9.17) is 4.52 Å². The first kappa shape index (κ1) is 17.7. The van der Waals surface area contributed by atoms with Gasteiger partial charge in [0.2, 0.25) is 5.91 Å². The van der Waals surface area contributed by atoms with E-state index < -0.39 is 0 Å². The van der Waals surface area contributed by atoms with Crippen LogP contribution in [0, 0.1) is 0 Å². The number of aromatic nitrogens is 5. The second-order valence-corrected chi connectivity index (χ2v) is 7.49. The predicted octanol–water partition coefficient (Wildman–Crippen LogP) is 2.90. The molecule has 0 aliphatic carbocycles. The Morgan fingerprint density at radius 3 is 2.86 bits per heavy atom. The van der Waals surface area contributed by atoms with E-state index in [0.29, 0.717) is 31.2 Å². The van der Waals surface area contributed by atoms with Gasteiger partial charge in [-0.15, -0.1) is 0 Å². The van der Waals surface area contributed by atoms with Crippen LogP contribution in [-0.4, -0.2) is 48.8 Å². The Labute approximate surface area is 167 Å². The second kappa shape index (κ2) is 7.20. The normalized spacial score (nSPS) is 15.3. The summed E-state index contributed by atoms with van der Waals surface area (Å²) < 4.78 is 7.13. The second-order valence-electron chi connectivity index (χ2n) is 7.49. The van der Waals surface area contributed by atoms with E-state index in [-0.39, 0.29) is 11.8 Å². The number of aromatic amines is 1. The zero-order valence-electron chi connectivity index (χ0n) is 16.2. The molecule has 4 aromatic rings. The highest BCUT2D eigenvalue weighted by Crippen LogP contribution is 2.28. The molecule has 8 heteroatoms. The highest BCUT2D eigenvalue weighted by atomic mass is 16.5. The number of likely N-dealkylation sites (tertiary alicyclic amines) is 1. The maximum Gasteiger partial charge on any atom is 0.276 e. The molecular weight excluding hydrogens is 368 g/mol. The summed E-state index contributed by atoms with van der Waals surface area (Å²) in [7, 11) is 1.84. The van der Waals surface area contributed by atoms with Crippen LogP contribution in [0.1, 0.15) is 30.1 Å². The Bertz CT molecular complexity index is 1150. The standard InChI is InChI=1S/C21H22N6O2/c1-26-18(6-9-23-26)21-24-20(25-29-21)14-7-10-27(11-8-14)19(28)12-15-13-22-17-5-3-2-4-16(15)17/h2-6,9,13-14,22H,7-8,10-12H2,1H3. The van der Waals surface area contributed by atoms with Gasteiger partial charge in [0.05, 0.1) is 6.42 Å². The predicted molar refractivity (Wildman–Crippen MR) is 107 cm³/mol. The summed E-state index contributed by atoms with van der Waals surface area (Å²) in [6.45, 7) is 1.42. The minimum absolute atomic E-state index is 0.164.